The lowest BCUT2D eigenvalue weighted by atomic mass is 9.33. The molecule has 23 heteroatoms. The van der Waals surface area contributed by atoms with Gasteiger partial charge in [-0.25, -0.2) is 0 Å². The number of hydrogen-bond donors (Lipinski definition) is 14. The Kier molecular flexibility index (Phi) is 16.5. The summed E-state index contributed by atoms with van der Waals surface area (Å²) in [6.45, 7) is 12.2. The van der Waals surface area contributed by atoms with Crippen molar-refractivity contribution in [3.05, 3.63) is 11.6 Å². The summed E-state index contributed by atoms with van der Waals surface area (Å²) in [5.74, 6) is -1.20. The van der Waals surface area contributed by atoms with Gasteiger partial charge in [-0.1, -0.05) is 53.2 Å². The van der Waals surface area contributed by atoms with E-state index in [1.807, 2.05) is 6.92 Å². The van der Waals surface area contributed by atoms with Crippen molar-refractivity contribution < 1.29 is 114 Å². The van der Waals surface area contributed by atoms with Crippen LogP contribution < -0.4 is 0 Å². The summed E-state index contributed by atoms with van der Waals surface area (Å²) in [5, 5.41) is 152. The van der Waals surface area contributed by atoms with Gasteiger partial charge in [0.25, 0.3) is 0 Å². The third-order valence-electron chi connectivity index (χ3n) is 21.1. The molecule has 4 saturated carbocycles. The van der Waals surface area contributed by atoms with E-state index in [4.69, 9.17) is 37.9 Å². The monoisotopic (exact) mass is 1090 g/mol. The average molecular weight is 1090 g/mol. The Morgan fingerprint density at radius 1 is 0.605 bits per heavy atom. The Morgan fingerprint density at radius 3 is 1.84 bits per heavy atom. The van der Waals surface area contributed by atoms with Gasteiger partial charge in [-0.05, 0) is 104 Å². The Hall–Kier alpha value is -1.63. The maximum absolute atomic E-state index is 15.4. The predicted octanol–water partition coefficient (Wildman–Crippen LogP) is -2.43. The van der Waals surface area contributed by atoms with Crippen LogP contribution in [0.5, 0.6) is 0 Å². The molecule has 14 N–H and O–H groups in total. The summed E-state index contributed by atoms with van der Waals surface area (Å²) in [4.78, 5) is 15.4. The summed E-state index contributed by atoms with van der Waals surface area (Å²) in [5.41, 5.74) is -2.67. The van der Waals surface area contributed by atoms with Crippen molar-refractivity contribution in [2.75, 3.05) is 26.4 Å². The zero-order valence-electron chi connectivity index (χ0n) is 44.6. The molecule has 29 atom stereocenters. The molecule has 9 aliphatic rings. The lowest BCUT2D eigenvalue weighted by Crippen LogP contribution is -2.69. The summed E-state index contributed by atoms with van der Waals surface area (Å²) < 4.78 is 47.5. The molecule has 4 heterocycles. The van der Waals surface area contributed by atoms with Crippen LogP contribution in [0.2, 0.25) is 0 Å². The zero-order chi connectivity index (χ0) is 55.6. The Morgan fingerprint density at radius 2 is 1.18 bits per heavy atom. The van der Waals surface area contributed by atoms with Crippen LogP contribution in [0.3, 0.4) is 0 Å². The second kappa shape index (κ2) is 21.3. The molecule has 76 heavy (non-hydrogen) atoms. The van der Waals surface area contributed by atoms with E-state index in [2.05, 4.69) is 40.7 Å². The molecule has 0 radical (unpaired) electrons. The molecule has 8 fully saturated rings. The highest BCUT2D eigenvalue weighted by Crippen LogP contribution is 2.76. The number of hydrogen-bond acceptors (Lipinski definition) is 23. The van der Waals surface area contributed by atoms with Gasteiger partial charge in [-0.3, -0.25) is 4.79 Å². The van der Waals surface area contributed by atoms with E-state index in [1.165, 1.54) is 6.92 Å². The number of ether oxygens (including phenoxy) is 8. The van der Waals surface area contributed by atoms with Crippen LogP contribution in [0.25, 0.3) is 0 Å². The van der Waals surface area contributed by atoms with Gasteiger partial charge in [0.1, 0.15) is 79.4 Å². The molecule has 0 aromatic carbocycles. The number of fused-ring (bicyclic) bond motifs is 7. The predicted molar refractivity (Wildman–Crippen MR) is 258 cm³/mol. The van der Waals surface area contributed by atoms with E-state index in [1.54, 1.807) is 0 Å². The zero-order valence-corrected chi connectivity index (χ0v) is 44.6. The molecule has 436 valence electrons. The van der Waals surface area contributed by atoms with Gasteiger partial charge in [0.05, 0.1) is 50.2 Å². The summed E-state index contributed by atoms with van der Waals surface area (Å²) >= 11 is 0. The minimum atomic E-state index is -1.91. The largest absolute Gasteiger partial charge is 0.432 e. The molecule has 4 saturated heterocycles. The maximum Gasteiger partial charge on any atom is 0.315 e. The third-order valence-corrected chi connectivity index (χ3v) is 21.1. The number of rotatable bonds is 11. The fraction of sp³-hybridized carbons (Fsp3) is 0.943. The standard InChI is InChI=1S/C53H86O23/c1-22-40(73-43-37(65)31(59)26(58)20-69-43)36(64)39(67)44(70-22)74-41-35(63)33(61)28(19-55)72-46(41)76-47(68)53-14-12-48(2,3)16-24(53)23-8-9-30-49(4)17-25(57)42(75-45-38(66)34(62)32(60)27(18-54)71-45)50(5,21-56)29(49)10-11-52(30,7)51(23,6)13-15-53/h8,22,24-46,54-67H,9-21H2,1-7H3/t22-,24-,25-,26+,27+,28+,29+,30+,31-,32+,33+,34-,35-,36-,37+,38+,39+,40-,41+,42-,43+,44-,45-,46-,49-,50-,51+,52+,53-/m0/s1. The summed E-state index contributed by atoms with van der Waals surface area (Å²) in [6.07, 6.45) is -25.5. The van der Waals surface area contributed by atoms with Gasteiger partial charge in [0.15, 0.2) is 25.0 Å². The average Bonchev–Trinajstić information content (AvgIpc) is 3.55. The minimum Gasteiger partial charge on any atom is -0.432 e. The molecule has 0 spiro atoms. The van der Waals surface area contributed by atoms with Gasteiger partial charge in [0, 0.05) is 5.41 Å². The summed E-state index contributed by atoms with van der Waals surface area (Å²) in [7, 11) is 0. The second-order valence-electron chi connectivity index (χ2n) is 25.8. The molecule has 0 aromatic rings. The lowest BCUT2D eigenvalue weighted by molar-refractivity contribution is -0.375. The Labute approximate surface area is 442 Å². The quantitative estimate of drug-likeness (QED) is 0.0581. The number of esters is 1. The third kappa shape index (κ3) is 9.37. The molecule has 5 aliphatic carbocycles. The van der Waals surface area contributed by atoms with Gasteiger partial charge >= 0.3 is 5.97 Å². The van der Waals surface area contributed by atoms with Crippen molar-refractivity contribution in [3.63, 3.8) is 0 Å². The molecular formula is C53H86O23. The lowest BCUT2D eigenvalue weighted by Gasteiger charge is -2.72. The molecule has 0 unspecified atom stereocenters. The topological polar surface area (TPSA) is 374 Å². The number of aliphatic hydroxyl groups is 14. The Bertz CT molecular complexity index is 2100. The molecule has 4 aliphatic heterocycles. The van der Waals surface area contributed by atoms with Crippen LogP contribution in [0, 0.1) is 50.2 Å². The Balaban J connectivity index is 0.963. The van der Waals surface area contributed by atoms with Gasteiger partial charge in [0.2, 0.25) is 6.29 Å². The normalized spacial score (nSPS) is 55.2. The molecule has 23 nitrogen and oxygen atoms in total. The molecule has 0 bridgehead atoms. The van der Waals surface area contributed by atoms with E-state index in [0.29, 0.717) is 51.4 Å². The molecule has 9 rings (SSSR count). The highest BCUT2D eigenvalue weighted by molar-refractivity contribution is 5.79. The van der Waals surface area contributed by atoms with Crippen molar-refractivity contribution in [2.45, 2.75) is 235 Å². The van der Waals surface area contributed by atoms with Crippen LogP contribution in [0.1, 0.15) is 106 Å². The minimum absolute atomic E-state index is 0.0243. The van der Waals surface area contributed by atoms with Crippen molar-refractivity contribution in [1.82, 2.24) is 0 Å². The highest BCUT2D eigenvalue weighted by Gasteiger charge is 2.72. The van der Waals surface area contributed by atoms with E-state index >= 15 is 4.79 Å². The smallest absolute Gasteiger partial charge is 0.315 e. The van der Waals surface area contributed by atoms with Crippen LogP contribution >= 0.6 is 0 Å². The molecule has 0 amide bonds. The first-order valence-electron chi connectivity index (χ1n) is 27.4. The first-order chi connectivity index (χ1) is 35.6. The molecule has 0 aromatic heterocycles. The number of carbonyl (C=O) groups excluding carboxylic acids is 1. The van der Waals surface area contributed by atoms with E-state index in [0.717, 1.165) is 5.57 Å². The maximum atomic E-state index is 15.4. The van der Waals surface area contributed by atoms with Crippen molar-refractivity contribution >= 4 is 5.97 Å². The first kappa shape index (κ1) is 59.0. The van der Waals surface area contributed by atoms with E-state index in [9.17, 15) is 71.5 Å². The van der Waals surface area contributed by atoms with Gasteiger partial charge < -0.3 is 109 Å². The van der Waals surface area contributed by atoms with Crippen LogP contribution in [-0.4, -0.2) is 233 Å². The number of aliphatic hydroxyl groups excluding tert-OH is 14. The van der Waals surface area contributed by atoms with Gasteiger partial charge in [-0.15, -0.1) is 0 Å². The fourth-order valence-corrected chi connectivity index (χ4v) is 16.3. The van der Waals surface area contributed by atoms with E-state index < -0.39 is 170 Å². The SMILES string of the molecule is C[C@@H]1O[C@@H](O[C@H]2[C@H](OC(=O)[C@]34CCC(C)(C)C[C@H]3C3=CC[C@@H]5[C@@]6(C)C[C@H](O)[C@H](O[C@@H]7O[C@H](CO)[C@@H](O)[C@H](O)[C@H]7O)[C@@](C)(CO)[C@@H]6CC[C@@]5(C)[C@]3(C)CC4)O[C@H](CO)[C@@H](O)[C@@H]2O)[C@H](O)[C@H](O)[C@H]1O[C@H]1OC[C@@H](O)[C@H](O)[C@H]1O. The van der Waals surface area contributed by atoms with Crippen LogP contribution in [-0.2, 0) is 42.7 Å². The second-order valence-corrected chi connectivity index (χ2v) is 25.8. The van der Waals surface area contributed by atoms with E-state index in [-0.39, 0.29) is 48.2 Å². The van der Waals surface area contributed by atoms with Crippen molar-refractivity contribution in [2.24, 2.45) is 50.2 Å². The van der Waals surface area contributed by atoms with Crippen LogP contribution in [0.15, 0.2) is 11.6 Å². The summed E-state index contributed by atoms with van der Waals surface area (Å²) in [6, 6.07) is 0. The fourth-order valence-electron chi connectivity index (χ4n) is 16.3. The van der Waals surface area contributed by atoms with Crippen molar-refractivity contribution in [1.29, 1.82) is 0 Å². The van der Waals surface area contributed by atoms with Gasteiger partial charge in [-0.2, -0.15) is 0 Å². The number of carbonyl (C=O) groups is 1. The highest BCUT2D eigenvalue weighted by atomic mass is 16.8. The van der Waals surface area contributed by atoms with Crippen LogP contribution in [0.4, 0.5) is 0 Å². The first-order valence-corrected chi connectivity index (χ1v) is 27.4. The molecular weight excluding hydrogens is 1000 g/mol. The number of allylic oxidation sites excluding steroid dienone is 2. The van der Waals surface area contributed by atoms with Crippen molar-refractivity contribution in [3.8, 4) is 0 Å².